The van der Waals surface area contributed by atoms with Crippen LogP contribution in [0, 0.1) is 6.92 Å². The monoisotopic (exact) mass is 339 g/mol. The van der Waals surface area contributed by atoms with Crippen molar-refractivity contribution in [2.45, 2.75) is 31.4 Å². The van der Waals surface area contributed by atoms with Crippen LogP contribution in [0.3, 0.4) is 0 Å². The molecule has 5 nitrogen and oxygen atoms in total. The van der Waals surface area contributed by atoms with Crippen LogP contribution in [0.2, 0.25) is 0 Å². The highest BCUT2D eigenvalue weighted by atomic mass is 19.4. The van der Waals surface area contributed by atoms with Crippen LogP contribution in [0.25, 0.3) is 0 Å². The van der Waals surface area contributed by atoms with Gasteiger partial charge >= 0.3 is 6.18 Å². The lowest BCUT2D eigenvalue weighted by atomic mass is 9.84. The van der Waals surface area contributed by atoms with E-state index in [4.69, 9.17) is 4.52 Å². The molecule has 1 aliphatic heterocycles. The van der Waals surface area contributed by atoms with Gasteiger partial charge in [0.05, 0.1) is 11.5 Å². The Morgan fingerprint density at radius 2 is 1.88 bits per heavy atom. The maximum absolute atomic E-state index is 12.7. The van der Waals surface area contributed by atoms with Crippen LogP contribution in [-0.4, -0.2) is 34.5 Å². The molecule has 2 unspecified atom stereocenters. The molecule has 1 aliphatic rings. The van der Waals surface area contributed by atoms with Crippen molar-refractivity contribution in [1.29, 1.82) is 0 Å². The molecule has 0 aliphatic carbocycles. The number of alkyl halides is 3. The van der Waals surface area contributed by atoms with Crippen molar-refractivity contribution >= 4 is 6.41 Å². The molecule has 0 N–H and O–H groups in total. The van der Waals surface area contributed by atoms with Crippen LogP contribution in [-0.2, 0) is 11.0 Å². The first-order valence-corrected chi connectivity index (χ1v) is 7.53. The van der Waals surface area contributed by atoms with Gasteiger partial charge in [0.1, 0.15) is 0 Å². The summed E-state index contributed by atoms with van der Waals surface area (Å²) in [5.74, 6) is 0.760. The Morgan fingerprint density at radius 3 is 2.42 bits per heavy atom. The van der Waals surface area contributed by atoms with Crippen LogP contribution in [0.5, 0.6) is 0 Å². The van der Waals surface area contributed by atoms with E-state index in [0.717, 1.165) is 24.1 Å². The Labute approximate surface area is 136 Å². The highest BCUT2D eigenvalue weighted by Crippen LogP contribution is 2.36. The summed E-state index contributed by atoms with van der Waals surface area (Å²) in [4.78, 5) is 17.0. The molecule has 128 valence electrons. The van der Waals surface area contributed by atoms with E-state index < -0.39 is 11.7 Å². The summed E-state index contributed by atoms with van der Waals surface area (Å²) in [5, 5.41) is 3.76. The van der Waals surface area contributed by atoms with Crippen LogP contribution in [0.15, 0.2) is 28.8 Å². The maximum Gasteiger partial charge on any atom is 0.416 e. The second kappa shape index (κ2) is 6.26. The molecule has 0 spiro atoms. The normalized spacial score (nSPS) is 21.8. The van der Waals surface area contributed by atoms with E-state index in [9.17, 15) is 18.0 Å². The van der Waals surface area contributed by atoms with Gasteiger partial charge in [0.25, 0.3) is 0 Å². The van der Waals surface area contributed by atoms with E-state index in [-0.39, 0.29) is 11.8 Å². The standard InChI is InChI=1S/C16H16F3N3O2/c1-10-20-15(24-21-10)13-6-12(7-22(8-13)9-23)11-2-4-14(5-3-11)16(17,18)19/h2-5,9,12-13H,6-8H2,1H3. The summed E-state index contributed by atoms with van der Waals surface area (Å²) in [7, 11) is 0. The first-order valence-electron chi connectivity index (χ1n) is 7.53. The number of hydrogen-bond acceptors (Lipinski definition) is 4. The minimum Gasteiger partial charge on any atom is -0.344 e. The number of aromatic nitrogens is 2. The van der Waals surface area contributed by atoms with Gasteiger partial charge in [-0.1, -0.05) is 17.3 Å². The van der Waals surface area contributed by atoms with Gasteiger partial charge in [-0.05, 0) is 31.0 Å². The number of amides is 1. The summed E-state index contributed by atoms with van der Waals surface area (Å²) in [6.45, 7) is 2.63. The lowest BCUT2D eigenvalue weighted by molar-refractivity contribution is -0.137. The smallest absolute Gasteiger partial charge is 0.344 e. The van der Waals surface area contributed by atoms with Crippen molar-refractivity contribution in [1.82, 2.24) is 15.0 Å². The quantitative estimate of drug-likeness (QED) is 0.806. The van der Waals surface area contributed by atoms with Crippen molar-refractivity contribution in [3.8, 4) is 0 Å². The van der Waals surface area contributed by atoms with E-state index in [1.54, 1.807) is 11.8 Å². The molecule has 8 heteroatoms. The summed E-state index contributed by atoms with van der Waals surface area (Å²) in [5.41, 5.74) is 0.0779. The molecule has 2 aromatic rings. The molecule has 0 bridgehead atoms. The average Bonchev–Trinajstić information content (AvgIpc) is 3.00. The van der Waals surface area contributed by atoms with Gasteiger partial charge in [-0.15, -0.1) is 0 Å². The number of piperidine rings is 1. The van der Waals surface area contributed by atoms with E-state index in [2.05, 4.69) is 10.1 Å². The Hall–Kier alpha value is -2.38. The molecule has 3 rings (SSSR count). The van der Waals surface area contributed by atoms with Crippen LogP contribution >= 0.6 is 0 Å². The van der Waals surface area contributed by atoms with Gasteiger partial charge < -0.3 is 9.42 Å². The van der Waals surface area contributed by atoms with E-state index in [0.29, 0.717) is 31.2 Å². The third kappa shape index (κ3) is 3.42. The molecule has 1 aromatic carbocycles. The third-order valence-electron chi connectivity index (χ3n) is 4.23. The Kier molecular flexibility index (Phi) is 4.29. The topological polar surface area (TPSA) is 59.2 Å². The third-order valence-corrected chi connectivity index (χ3v) is 4.23. The fourth-order valence-electron chi connectivity index (χ4n) is 3.06. The zero-order chi connectivity index (χ0) is 17.3. The number of likely N-dealkylation sites (tertiary alicyclic amines) is 1. The lowest BCUT2D eigenvalue weighted by Gasteiger charge is -2.34. The van der Waals surface area contributed by atoms with E-state index in [1.807, 2.05) is 0 Å². The van der Waals surface area contributed by atoms with Gasteiger partial charge in [0.2, 0.25) is 12.3 Å². The average molecular weight is 339 g/mol. The van der Waals surface area contributed by atoms with Crippen molar-refractivity contribution in [3.63, 3.8) is 0 Å². The number of benzene rings is 1. The summed E-state index contributed by atoms with van der Waals surface area (Å²) >= 11 is 0. The number of rotatable bonds is 3. The van der Waals surface area contributed by atoms with Gasteiger partial charge in [0.15, 0.2) is 5.82 Å². The first kappa shape index (κ1) is 16.5. The second-order valence-electron chi connectivity index (χ2n) is 5.99. The Balaban J connectivity index is 1.82. The molecule has 1 aromatic heterocycles. The largest absolute Gasteiger partial charge is 0.416 e. The van der Waals surface area contributed by atoms with E-state index >= 15 is 0 Å². The molecular formula is C16H16F3N3O2. The summed E-state index contributed by atoms with van der Waals surface area (Å²) in [6, 6.07) is 5.08. The van der Waals surface area contributed by atoms with Gasteiger partial charge in [0, 0.05) is 19.0 Å². The second-order valence-corrected chi connectivity index (χ2v) is 5.99. The van der Waals surface area contributed by atoms with Gasteiger partial charge in [-0.2, -0.15) is 18.2 Å². The van der Waals surface area contributed by atoms with Crippen LogP contribution < -0.4 is 0 Å². The zero-order valence-corrected chi connectivity index (χ0v) is 13.0. The first-order chi connectivity index (χ1) is 11.4. The predicted molar refractivity (Wildman–Crippen MR) is 78.2 cm³/mol. The number of halogens is 3. The minimum atomic E-state index is -4.36. The Bertz CT molecular complexity index is 712. The maximum atomic E-state index is 12.7. The molecule has 1 saturated heterocycles. The van der Waals surface area contributed by atoms with Crippen molar-refractivity contribution < 1.29 is 22.5 Å². The van der Waals surface area contributed by atoms with Crippen molar-refractivity contribution in [2.75, 3.05) is 13.1 Å². The minimum absolute atomic E-state index is 0.0801. The van der Waals surface area contributed by atoms with Crippen molar-refractivity contribution in [2.24, 2.45) is 0 Å². The number of nitrogens with zero attached hydrogens (tertiary/aromatic N) is 3. The molecular weight excluding hydrogens is 323 g/mol. The summed E-state index contributed by atoms with van der Waals surface area (Å²) in [6.07, 6.45) is -2.98. The molecule has 0 radical (unpaired) electrons. The highest BCUT2D eigenvalue weighted by Gasteiger charge is 2.33. The number of carbonyl (C=O) groups excluding carboxylic acids is 1. The molecule has 0 saturated carbocycles. The van der Waals surface area contributed by atoms with E-state index in [1.165, 1.54) is 12.1 Å². The molecule has 24 heavy (non-hydrogen) atoms. The van der Waals surface area contributed by atoms with Gasteiger partial charge in [-0.25, -0.2) is 0 Å². The number of aryl methyl sites for hydroxylation is 1. The van der Waals surface area contributed by atoms with Crippen LogP contribution in [0.4, 0.5) is 13.2 Å². The number of carbonyl (C=O) groups is 1. The molecule has 2 atom stereocenters. The fourth-order valence-corrected chi connectivity index (χ4v) is 3.06. The molecule has 1 amide bonds. The Morgan fingerprint density at radius 1 is 1.21 bits per heavy atom. The SMILES string of the molecule is Cc1noc(C2CC(c3ccc(C(F)(F)F)cc3)CN(C=O)C2)n1. The summed E-state index contributed by atoms with van der Waals surface area (Å²) < 4.78 is 43.2. The fraction of sp³-hybridized carbons (Fsp3) is 0.438. The van der Waals surface area contributed by atoms with Crippen LogP contribution in [0.1, 0.15) is 41.1 Å². The van der Waals surface area contributed by atoms with Gasteiger partial charge in [-0.3, -0.25) is 4.79 Å². The number of hydrogen-bond donors (Lipinski definition) is 0. The highest BCUT2D eigenvalue weighted by molar-refractivity contribution is 5.48. The zero-order valence-electron chi connectivity index (χ0n) is 13.0. The molecule has 2 heterocycles. The predicted octanol–water partition coefficient (Wildman–Crippen LogP) is 3.13. The molecule has 1 fully saturated rings. The van der Waals surface area contributed by atoms with Crippen molar-refractivity contribution in [3.05, 3.63) is 47.1 Å². The lowest BCUT2D eigenvalue weighted by Crippen LogP contribution is -2.37.